The average molecular weight is 1470 g/mol. The number of nitrogens with one attached hydrogen (secondary N) is 1. The normalized spacial score (nSPS) is 12.9. The summed E-state index contributed by atoms with van der Waals surface area (Å²) >= 11 is 4.73. The summed E-state index contributed by atoms with van der Waals surface area (Å²) in [5.41, 5.74) is 26.9. The van der Waals surface area contributed by atoms with E-state index >= 15 is 0 Å². The topological polar surface area (TPSA) is 54.2 Å². The Hall–Kier alpha value is -14.5. The second-order valence-electron chi connectivity index (χ2n) is 29.1. The molecule has 21 rings (SSSR count). The van der Waals surface area contributed by atoms with Crippen molar-refractivity contribution >= 4 is 128 Å². The molecule has 1 N–H and O–H groups in total. The highest BCUT2D eigenvalue weighted by atomic mass is 32.1. The Bertz CT molecular complexity index is 6940. The van der Waals surface area contributed by atoms with Crippen molar-refractivity contribution in [2.45, 2.75) is 0 Å². The lowest BCUT2D eigenvalue weighted by atomic mass is 9.91. The second-order valence-corrected chi connectivity index (χ2v) is 29.3. The van der Waals surface area contributed by atoms with Crippen LogP contribution in [-0.4, -0.2) is 25.1 Å². The van der Waals surface area contributed by atoms with Gasteiger partial charge in [-0.05, 0) is 277 Å². The molecule has 1 aliphatic rings. The number of hydrogen-bond donors (Lipinski definition) is 2. The van der Waals surface area contributed by atoms with Gasteiger partial charge < -0.3 is 18.6 Å². The van der Waals surface area contributed by atoms with Crippen molar-refractivity contribution in [3.05, 3.63) is 411 Å². The molecule has 0 aliphatic heterocycles. The molecule has 532 valence electrons. The number of nitrogens with zero attached hydrogens (tertiary/aromatic N) is 5. The summed E-state index contributed by atoms with van der Waals surface area (Å²) in [5, 5.41) is 21.6. The lowest BCUT2D eigenvalue weighted by molar-refractivity contribution is 0.627. The van der Waals surface area contributed by atoms with Gasteiger partial charge in [-0.3, -0.25) is 5.41 Å². The zero-order valence-corrected chi connectivity index (χ0v) is 61.8. The van der Waals surface area contributed by atoms with E-state index in [-0.39, 0.29) is 17.3 Å². The summed E-state index contributed by atoms with van der Waals surface area (Å²) in [6.45, 7) is 0. The van der Waals surface area contributed by atoms with E-state index in [1.54, 1.807) is 24.3 Å². The molecule has 9 heteroatoms. The van der Waals surface area contributed by atoms with Gasteiger partial charge in [0.25, 0.3) is 0 Å². The first-order valence-corrected chi connectivity index (χ1v) is 38.3. The SMILES string of the molecule is N=C1C(c2ccc(-n3c4ccc(-c5ccc(F)cc5)cc4c4cc(-c5ccc(F)cc5)ccc43)cc2)=CC=C(N(c2ccc(-c3ccc4c(c3)c3cc5ccccc5cc3n4-c3ccc(-c4ccccc4)cc3)cc2)c2ccc(-c3ccc4c(c3)c3cc5ccccc5cc3n4-c3ccc(-c4ccccc4)cc3)cc2)/C1=N/S. The summed E-state index contributed by atoms with van der Waals surface area (Å²) in [7, 11) is 0. The van der Waals surface area contributed by atoms with Crippen molar-refractivity contribution in [2.24, 2.45) is 4.40 Å². The zero-order valence-electron chi connectivity index (χ0n) is 60.9. The van der Waals surface area contributed by atoms with Crippen LogP contribution < -0.4 is 4.90 Å². The number of anilines is 2. The molecule has 1 aliphatic carbocycles. The molecule has 0 atom stereocenters. The van der Waals surface area contributed by atoms with Crippen molar-refractivity contribution in [2.75, 3.05) is 4.90 Å². The Kier molecular flexibility index (Phi) is 16.1. The maximum Gasteiger partial charge on any atom is 0.123 e. The van der Waals surface area contributed by atoms with Crippen LogP contribution in [-0.2, 0) is 0 Å². The van der Waals surface area contributed by atoms with Crippen LogP contribution in [0.1, 0.15) is 5.56 Å². The van der Waals surface area contributed by atoms with Crippen molar-refractivity contribution in [3.8, 4) is 83.8 Å². The monoisotopic (exact) mass is 1470 g/mol. The number of allylic oxidation sites excluding steroid dienone is 4. The molecule has 0 fully saturated rings. The largest absolute Gasteiger partial charge is 0.309 e. The van der Waals surface area contributed by atoms with Gasteiger partial charge in [0.05, 0.1) is 44.5 Å². The molecule has 6 nitrogen and oxygen atoms in total. The summed E-state index contributed by atoms with van der Waals surface area (Å²) in [6, 6.07) is 131. The summed E-state index contributed by atoms with van der Waals surface area (Å²) in [6.07, 6.45) is 4.09. The second kappa shape index (κ2) is 27.3. The minimum absolute atomic E-state index is 0.224. The minimum atomic E-state index is -0.292. The summed E-state index contributed by atoms with van der Waals surface area (Å²) in [5.74, 6) is -0.583. The van der Waals surface area contributed by atoms with Gasteiger partial charge in [-0.1, -0.05) is 218 Å². The van der Waals surface area contributed by atoms with E-state index in [1.165, 1.54) is 78.8 Å². The Balaban J connectivity index is 0.664. The van der Waals surface area contributed by atoms with Crippen LogP contribution in [0.5, 0.6) is 0 Å². The van der Waals surface area contributed by atoms with E-state index < -0.39 is 0 Å². The fraction of sp³-hybridized carbons (Fsp3) is 0. The molecule has 20 aromatic rings. The van der Waals surface area contributed by atoms with Gasteiger partial charge in [0, 0.05) is 66.3 Å². The number of thiol groups is 1. The fourth-order valence-corrected chi connectivity index (χ4v) is 17.3. The third-order valence-electron chi connectivity index (χ3n) is 22.7. The van der Waals surface area contributed by atoms with Gasteiger partial charge >= 0.3 is 0 Å². The number of halogens is 2. The van der Waals surface area contributed by atoms with Crippen LogP contribution in [0.2, 0.25) is 0 Å². The zero-order chi connectivity index (χ0) is 75.4. The van der Waals surface area contributed by atoms with E-state index in [0.717, 1.165) is 133 Å². The highest BCUT2D eigenvalue weighted by Gasteiger charge is 2.29. The Morgan fingerprint density at radius 1 is 0.257 bits per heavy atom. The highest BCUT2D eigenvalue weighted by Crippen LogP contribution is 2.45. The lowest BCUT2D eigenvalue weighted by Gasteiger charge is -2.31. The molecule has 0 saturated carbocycles. The molecule has 0 bridgehead atoms. The van der Waals surface area contributed by atoms with Crippen LogP contribution in [0.4, 0.5) is 20.2 Å². The molecule has 3 aromatic heterocycles. The molecular formula is C104H66F2N6S. The first kappa shape index (κ1) is 66.7. The van der Waals surface area contributed by atoms with Gasteiger partial charge in [0.15, 0.2) is 0 Å². The van der Waals surface area contributed by atoms with Crippen molar-refractivity contribution in [3.63, 3.8) is 0 Å². The van der Waals surface area contributed by atoms with Crippen molar-refractivity contribution in [1.29, 1.82) is 5.41 Å². The molecule has 3 heterocycles. The molecule has 17 aromatic carbocycles. The first-order valence-electron chi connectivity index (χ1n) is 37.9. The predicted molar refractivity (Wildman–Crippen MR) is 472 cm³/mol. The van der Waals surface area contributed by atoms with E-state index in [0.29, 0.717) is 17.0 Å². The molecule has 0 saturated heterocycles. The number of hydrogen-bond acceptors (Lipinski definition) is 4. The first-order chi connectivity index (χ1) is 55.7. The smallest absolute Gasteiger partial charge is 0.123 e. The number of fused-ring (bicyclic) bond motifs is 11. The maximum absolute atomic E-state index is 14.2. The number of rotatable bonds is 13. The molecular weight excluding hydrogens is 1400 g/mol. The molecule has 0 unspecified atom stereocenters. The van der Waals surface area contributed by atoms with Gasteiger partial charge in [0.2, 0.25) is 0 Å². The van der Waals surface area contributed by atoms with E-state index in [4.69, 9.17) is 17.2 Å². The van der Waals surface area contributed by atoms with Gasteiger partial charge in [0.1, 0.15) is 17.3 Å². The van der Waals surface area contributed by atoms with Gasteiger partial charge in [-0.15, -0.1) is 0 Å². The van der Waals surface area contributed by atoms with Crippen LogP contribution in [0, 0.1) is 17.0 Å². The molecule has 0 amide bonds. The fourth-order valence-electron chi connectivity index (χ4n) is 17.1. The Morgan fingerprint density at radius 3 is 0.885 bits per heavy atom. The maximum atomic E-state index is 14.2. The minimum Gasteiger partial charge on any atom is -0.309 e. The highest BCUT2D eigenvalue weighted by molar-refractivity contribution is 7.79. The summed E-state index contributed by atoms with van der Waals surface area (Å²) in [4.78, 5) is 2.19. The summed E-state index contributed by atoms with van der Waals surface area (Å²) < 4.78 is 40.2. The Morgan fingerprint density at radius 2 is 0.531 bits per heavy atom. The van der Waals surface area contributed by atoms with Crippen LogP contribution in [0.15, 0.2) is 398 Å². The Labute approximate surface area is 656 Å². The van der Waals surface area contributed by atoms with E-state index in [2.05, 4.69) is 352 Å². The van der Waals surface area contributed by atoms with E-state index in [1.807, 2.05) is 6.08 Å². The van der Waals surface area contributed by atoms with Crippen molar-refractivity contribution in [1.82, 2.24) is 13.7 Å². The number of aromatic nitrogens is 3. The predicted octanol–water partition coefficient (Wildman–Crippen LogP) is 28.0. The van der Waals surface area contributed by atoms with Crippen LogP contribution >= 0.6 is 12.8 Å². The molecule has 0 radical (unpaired) electrons. The van der Waals surface area contributed by atoms with Gasteiger partial charge in [-0.25, -0.2) is 13.2 Å². The standard InChI is InChI=1S/C104H66F2N6S/c105-82-37-19-69(20-38-82)78-33-52-96-90(59-78)91-60-79(70-21-39-83(106)40-22-70)34-53-97(91)110(96)86-49-31-73(32-50-86)89-51-56-100(104(108-113)103(89)107)109(84-41-27-71(28-42-84)80-35-54-98-92(61-80)94-57-74-15-7-9-17-76(74)63-101(94)111(98)87-45-23-67(24-46-87)65-11-3-1-4-12-65)85-43-29-72(30-44-85)81-36-55-99-93(62-81)95-58-75-16-8-10-18-77(75)64-102(95)112(99)88-47-25-68(26-48-88)66-13-5-2-6-14-66/h1-64,107,113H/b107-103?,108-104-. The van der Waals surface area contributed by atoms with E-state index in [9.17, 15) is 14.2 Å². The lowest BCUT2D eigenvalue weighted by Crippen LogP contribution is -2.30. The van der Waals surface area contributed by atoms with Gasteiger partial charge in [-0.2, -0.15) is 0 Å². The van der Waals surface area contributed by atoms with Crippen molar-refractivity contribution < 1.29 is 8.78 Å². The third kappa shape index (κ3) is 11.6. The third-order valence-corrected chi connectivity index (χ3v) is 22.9. The quantitative estimate of drug-likeness (QED) is 0.0877. The average Bonchev–Trinajstić information content (AvgIpc) is 1.59. The number of benzene rings is 17. The molecule has 0 spiro atoms. The van der Waals surface area contributed by atoms with Crippen LogP contribution in [0.3, 0.4) is 0 Å². The molecule has 113 heavy (non-hydrogen) atoms. The van der Waals surface area contributed by atoms with Crippen LogP contribution in [0.25, 0.3) is 176 Å².